The van der Waals surface area contributed by atoms with Crippen LogP contribution >= 0.6 is 35.3 Å². The summed E-state index contributed by atoms with van der Waals surface area (Å²) >= 11 is 1.69. The summed E-state index contributed by atoms with van der Waals surface area (Å²) < 4.78 is 18.8. The fraction of sp³-hybridized carbons (Fsp3) is 0.353. The van der Waals surface area contributed by atoms with Crippen LogP contribution in [0.5, 0.6) is 5.75 Å². The molecular weight excluding hydrogens is 440 g/mol. The standard InChI is InChI=1S/C17H22FN3OS.HI/c1-3-19-17(21-12-16-8-5-9-23-16)20-11-13(2)22-15-7-4-6-14(18)10-15;/h4-10,13H,3,11-12H2,1-2H3,(H2,19,20,21);1H. The van der Waals surface area contributed by atoms with E-state index in [-0.39, 0.29) is 35.9 Å². The second-order valence-electron chi connectivity index (χ2n) is 5.04. The number of hydrogen-bond acceptors (Lipinski definition) is 3. The molecule has 0 amide bonds. The van der Waals surface area contributed by atoms with Crippen LogP contribution in [0.25, 0.3) is 0 Å². The summed E-state index contributed by atoms with van der Waals surface area (Å²) in [6.07, 6.45) is -0.109. The van der Waals surface area contributed by atoms with Gasteiger partial charge in [0.2, 0.25) is 0 Å². The van der Waals surface area contributed by atoms with Crippen LogP contribution in [0.3, 0.4) is 0 Å². The number of aliphatic imine (C=N–C) groups is 1. The molecule has 0 fully saturated rings. The third kappa shape index (κ3) is 7.48. The molecule has 2 aromatic rings. The van der Waals surface area contributed by atoms with E-state index in [4.69, 9.17) is 4.74 Å². The number of guanidine groups is 1. The zero-order chi connectivity index (χ0) is 16.5. The molecule has 0 saturated heterocycles. The summed E-state index contributed by atoms with van der Waals surface area (Å²) in [5.41, 5.74) is 0. The van der Waals surface area contributed by atoms with E-state index in [9.17, 15) is 4.39 Å². The molecular formula is C17H23FIN3OS. The van der Waals surface area contributed by atoms with Crippen molar-refractivity contribution < 1.29 is 9.13 Å². The Bertz CT molecular complexity index is 622. The molecule has 24 heavy (non-hydrogen) atoms. The highest BCUT2D eigenvalue weighted by molar-refractivity contribution is 14.0. The first kappa shape index (κ1) is 20.7. The van der Waals surface area contributed by atoms with Gasteiger partial charge in [-0.05, 0) is 37.4 Å². The summed E-state index contributed by atoms with van der Waals surface area (Å²) in [4.78, 5) is 5.75. The van der Waals surface area contributed by atoms with E-state index < -0.39 is 0 Å². The number of hydrogen-bond donors (Lipinski definition) is 2. The lowest BCUT2D eigenvalue weighted by molar-refractivity contribution is 0.223. The molecule has 132 valence electrons. The van der Waals surface area contributed by atoms with E-state index in [0.717, 1.165) is 12.5 Å². The first-order valence-electron chi connectivity index (χ1n) is 7.64. The second kappa shape index (κ2) is 11.2. The number of nitrogens with zero attached hydrogens (tertiary/aromatic N) is 1. The molecule has 2 N–H and O–H groups in total. The number of halogens is 2. The van der Waals surface area contributed by atoms with E-state index in [2.05, 4.69) is 21.7 Å². The fourth-order valence-electron chi connectivity index (χ4n) is 1.96. The smallest absolute Gasteiger partial charge is 0.191 e. The molecule has 1 aromatic heterocycles. The maximum Gasteiger partial charge on any atom is 0.191 e. The Morgan fingerprint density at radius 3 is 2.79 bits per heavy atom. The average molecular weight is 463 g/mol. The van der Waals surface area contributed by atoms with Gasteiger partial charge >= 0.3 is 0 Å². The molecule has 0 aliphatic heterocycles. The van der Waals surface area contributed by atoms with Crippen LogP contribution in [0.15, 0.2) is 46.8 Å². The van der Waals surface area contributed by atoms with Crippen LogP contribution in [0, 0.1) is 5.82 Å². The Kier molecular flexibility index (Phi) is 9.70. The van der Waals surface area contributed by atoms with E-state index in [0.29, 0.717) is 18.8 Å². The molecule has 0 aliphatic carbocycles. The highest BCUT2D eigenvalue weighted by Crippen LogP contribution is 2.13. The van der Waals surface area contributed by atoms with Gasteiger partial charge in [0.05, 0.1) is 13.1 Å². The van der Waals surface area contributed by atoms with Crippen molar-refractivity contribution in [1.29, 1.82) is 0 Å². The summed E-state index contributed by atoms with van der Waals surface area (Å²) in [6.45, 7) is 5.96. The normalized spacial score (nSPS) is 12.2. The molecule has 0 aliphatic rings. The Balaban J connectivity index is 0.00000288. The predicted octanol–water partition coefficient (Wildman–Crippen LogP) is 4.03. The van der Waals surface area contributed by atoms with Crippen LogP contribution in [-0.4, -0.2) is 25.2 Å². The van der Waals surface area contributed by atoms with Crippen LogP contribution in [0.2, 0.25) is 0 Å². The van der Waals surface area contributed by atoms with Gasteiger partial charge in [-0.3, -0.25) is 0 Å². The highest BCUT2D eigenvalue weighted by atomic mass is 127. The Hall–Kier alpha value is -1.35. The maximum absolute atomic E-state index is 13.1. The minimum atomic E-state index is -0.298. The van der Waals surface area contributed by atoms with Gasteiger partial charge in [0.25, 0.3) is 0 Å². The number of ether oxygens (including phenoxy) is 1. The van der Waals surface area contributed by atoms with Crippen molar-refractivity contribution >= 4 is 41.3 Å². The molecule has 0 bridgehead atoms. The van der Waals surface area contributed by atoms with E-state index >= 15 is 0 Å². The van der Waals surface area contributed by atoms with Crippen LogP contribution < -0.4 is 15.4 Å². The predicted molar refractivity (Wildman–Crippen MR) is 109 cm³/mol. The van der Waals surface area contributed by atoms with E-state index in [1.54, 1.807) is 23.5 Å². The second-order valence-corrected chi connectivity index (χ2v) is 6.07. The minimum Gasteiger partial charge on any atom is -0.489 e. The van der Waals surface area contributed by atoms with Gasteiger partial charge in [0.15, 0.2) is 5.96 Å². The van der Waals surface area contributed by atoms with Gasteiger partial charge in [0.1, 0.15) is 17.7 Å². The van der Waals surface area contributed by atoms with Crippen molar-refractivity contribution in [3.8, 4) is 5.75 Å². The number of benzene rings is 1. The van der Waals surface area contributed by atoms with Crippen molar-refractivity contribution in [2.45, 2.75) is 26.5 Å². The van der Waals surface area contributed by atoms with Crippen LogP contribution in [0.4, 0.5) is 4.39 Å². The van der Waals surface area contributed by atoms with Crippen molar-refractivity contribution in [1.82, 2.24) is 10.6 Å². The van der Waals surface area contributed by atoms with Gasteiger partial charge in [-0.2, -0.15) is 0 Å². The molecule has 1 heterocycles. The molecule has 0 radical (unpaired) electrons. The van der Waals surface area contributed by atoms with Crippen molar-refractivity contribution in [3.63, 3.8) is 0 Å². The molecule has 7 heteroatoms. The van der Waals surface area contributed by atoms with E-state index in [1.165, 1.54) is 17.0 Å². The number of nitrogens with one attached hydrogen (secondary N) is 2. The molecule has 1 atom stereocenters. The lowest BCUT2D eigenvalue weighted by Crippen LogP contribution is -2.41. The highest BCUT2D eigenvalue weighted by Gasteiger charge is 2.06. The van der Waals surface area contributed by atoms with Crippen molar-refractivity contribution in [3.05, 3.63) is 52.5 Å². The quantitative estimate of drug-likeness (QED) is 0.371. The monoisotopic (exact) mass is 463 g/mol. The summed E-state index contributed by atoms with van der Waals surface area (Å²) in [5, 5.41) is 8.49. The van der Waals surface area contributed by atoms with Crippen molar-refractivity contribution in [2.75, 3.05) is 13.1 Å². The summed E-state index contributed by atoms with van der Waals surface area (Å²) in [6, 6.07) is 10.2. The topological polar surface area (TPSA) is 45.7 Å². The zero-order valence-electron chi connectivity index (χ0n) is 13.8. The molecule has 1 aromatic carbocycles. The molecule has 0 saturated carbocycles. The third-order valence-corrected chi connectivity index (χ3v) is 3.87. The minimum absolute atomic E-state index is 0. The lowest BCUT2D eigenvalue weighted by Gasteiger charge is -2.17. The SMILES string of the molecule is CCNC(=NCc1cccs1)NCC(C)Oc1cccc(F)c1.I. The Morgan fingerprint density at radius 2 is 2.12 bits per heavy atom. The average Bonchev–Trinajstić information content (AvgIpc) is 3.03. The summed E-state index contributed by atoms with van der Waals surface area (Å²) in [7, 11) is 0. The number of thiophene rings is 1. The zero-order valence-corrected chi connectivity index (χ0v) is 16.9. The Labute approximate surface area is 163 Å². The fourth-order valence-corrected chi connectivity index (χ4v) is 2.58. The van der Waals surface area contributed by atoms with Crippen LogP contribution in [0.1, 0.15) is 18.7 Å². The van der Waals surface area contributed by atoms with Gasteiger partial charge in [0, 0.05) is 17.5 Å². The first-order chi connectivity index (χ1) is 11.2. The maximum atomic E-state index is 13.1. The first-order valence-corrected chi connectivity index (χ1v) is 8.52. The van der Waals surface area contributed by atoms with E-state index in [1.807, 2.05) is 25.3 Å². The molecule has 0 spiro atoms. The molecule has 2 rings (SSSR count). The number of rotatable bonds is 7. The summed E-state index contributed by atoms with van der Waals surface area (Å²) in [5.74, 6) is 0.976. The largest absolute Gasteiger partial charge is 0.489 e. The third-order valence-electron chi connectivity index (χ3n) is 3.01. The van der Waals surface area contributed by atoms with Gasteiger partial charge in [-0.1, -0.05) is 12.1 Å². The van der Waals surface area contributed by atoms with Gasteiger partial charge < -0.3 is 15.4 Å². The lowest BCUT2D eigenvalue weighted by atomic mass is 10.3. The van der Waals surface area contributed by atoms with Crippen LogP contribution in [-0.2, 0) is 6.54 Å². The van der Waals surface area contributed by atoms with Gasteiger partial charge in [-0.15, -0.1) is 35.3 Å². The van der Waals surface area contributed by atoms with Crippen molar-refractivity contribution in [2.24, 2.45) is 4.99 Å². The molecule has 4 nitrogen and oxygen atoms in total. The Morgan fingerprint density at radius 1 is 1.29 bits per heavy atom. The van der Waals surface area contributed by atoms with Gasteiger partial charge in [-0.25, -0.2) is 9.38 Å². The molecule has 1 unspecified atom stereocenters.